The largest absolute Gasteiger partial charge is 0.353 e. The molecule has 0 bridgehead atoms. The third kappa shape index (κ3) is 5.62. The molecule has 186 valence electrons. The minimum absolute atomic E-state index is 0.148. The zero-order valence-corrected chi connectivity index (χ0v) is 21.6. The van der Waals surface area contributed by atoms with Crippen molar-refractivity contribution < 1.29 is 9.59 Å². The van der Waals surface area contributed by atoms with E-state index in [-0.39, 0.29) is 11.6 Å². The fourth-order valence-electron chi connectivity index (χ4n) is 4.14. The summed E-state index contributed by atoms with van der Waals surface area (Å²) in [6, 6.07) is 35.8. The molecule has 0 heterocycles. The monoisotopic (exact) mass is 536 g/mol. The van der Waals surface area contributed by atoms with E-state index in [2.05, 4.69) is 10.6 Å². The molecule has 5 rings (SSSR count). The molecule has 0 atom stereocenters. The van der Waals surface area contributed by atoms with Crippen molar-refractivity contribution in [3.63, 3.8) is 0 Å². The smallest absolute Gasteiger partial charge is 0.195 e. The Kier molecular flexibility index (Phi) is 7.55. The predicted octanol–water partition coefficient (Wildman–Crippen LogP) is 8.94. The Morgan fingerprint density at radius 2 is 1.11 bits per heavy atom. The summed E-state index contributed by atoms with van der Waals surface area (Å²) in [7, 11) is 0. The lowest BCUT2D eigenvalue weighted by atomic mass is 9.99. The van der Waals surface area contributed by atoms with Gasteiger partial charge in [-0.1, -0.05) is 96.0 Å². The van der Waals surface area contributed by atoms with Crippen molar-refractivity contribution in [1.82, 2.24) is 0 Å². The molecule has 6 heteroatoms. The van der Waals surface area contributed by atoms with Crippen molar-refractivity contribution in [2.45, 2.75) is 0 Å². The molecule has 0 saturated heterocycles. The van der Waals surface area contributed by atoms with Crippen molar-refractivity contribution in [1.29, 1.82) is 0 Å². The van der Waals surface area contributed by atoms with Gasteiger partial charge >= 0.3 is 0 Å². The minimum Gasteiger partial charge on any atom is -0.353 e. The second-order valence-electron chi connectivity index (χ2n) is 8.57. The van der Waals surface area contributed by atoms with E-state index in [1.807, 2.05) is 54.6 Å². The van der Waals surface area contributed by atoms with Gasteiger partial charge in [0.1, 0.15) is 0 Å². The molecule has 5 aromatic rings. The first kappa shape index (κ1) is 25.3. The highest BCUT2D eigenvalue weighted by Gasteiger charge is 2.20. The van der Waals surface area contributed by atoms with Gasteiger partial charge in [-0.2, -0.15) is 0 Å². The van der Waals surface area contributed by atoms with Gasteiger partial charge < -0.3 is 10.6 Å². The highest BCUT2D eigenvalue weighted by atomic mass is 35.5. The normalized spacial score (nSPS) is 10.6. The molecule has 4 nitrogen and oxygen atoms in total. The van der Waals surface area contributed by atoms with Crippen LogP contribution in [-0.4, -0.2) is 11.6 Å². The van der Waals surface area contributed by atoms with Gasteiger partial charge in [0, 0.05) is 38.0 Å². The number of nitrogens with one attached hydrogen (secondary N) is 2. The summed E-state index contributed by atoms with van der Waals surface area (Å²) >= 11 is 12.6. The highest BCUT2D eigenvalue weighted by Crippen LogP contribution is 2.36. The molecule has 0 aliphatic rings. The van der Waals surface area contributed by atoms with Gasteiger partial charge in [0.2, 0.25) is 0 Å². The fraction of sp³-hybridized carbons (Fsp3) is 0. The molecule has 0 fully saturated rings. The molecular weight excluding hydrogens is 515 g/mol. The van der Waals surface area contributed by atoms with Gasteiger partial charge in [0.05, 0.1) is 17.1 Å². The maximum Gasteiger partial charge on any atom is 0.195 e. The summed E-state index contributed by atoms with van der Waals surface area (Å²) in [6.07, 6.45) is 0. The molecule has 0 amide bonds. The average Bonchev–Trinajstić information content (AvgIpc) is 2.94. The number of hydrogen-bond acceptors (Lipinski definition) is 4. The van der Waals surface area contributed by atoms with E-state index in [0.717, 1.165) is 0 Å². The molecule has 0 saturated carbocycles. The number of para-hydroxylation sites is 1. The Bertz CT molecular complexity index is 1620. The molecule has 0 aromatic heterocycles. The van der Waals surface area contributed by atoms with Crippen LogP contribution in [0.5, 0.6) is 0 Å². The third-order valence-electron chi connectivity index (χ3n) is 5.97. The van der Waals surface area contributed by atoms with E-state index in [0.29, 0.717) is 55.0 Å². The van der Waals surface area contributed by atoms with Crippen LogP contribution in [-0.2, 0) is 0 Å². The van der Waals surface area contributed by atoms with E-state index < -0.39 is 0 Å². The molecule has 0 unspecified atom stereocenters. The van der Waals surface area contributed by atoms with Crippen LogP contribution in [0.4, 0.5) is 22.7 Å². The molecule has 0 radical (unpaired) electrons. The minimum atomic E-state index is -0.148. The lowest BCUT2D eigenvalue weighted by Gasteiger charge is -2.19. The number of anilines is 4. The molecular formula is C32H22Cl2N2O2. The Hall–Kier alpha value is -4.38. The number of ketones is 2. The van der Waals surface area contributed by atoms with Crippen LogP contribution in [0.2, 0.25) is 10.0 Å². The van der Waals surface area contributed by atoms with Crippen LogP contribution in [0.1, 0.15) is 31.8 Å². The van der Waals surface area contributed by atoms with Gasteiger partial charge in [0.15, 0.2) is 11.6 Å². The SMILES string of the molecule is O=C(c1ccccc1)c1ccc(Cl)cc1Nc1cccc(C(=O)c2ccccc2)c1Nc1cccc(Cl)c1. The quantitative estimate of drug-likeness (QED) is 0.194. The standard InChI is InChI=1S/C32H22Cl2N2O2/c33-23-13-7-14-25(19-23)35-30-27(32(38)22-11-5-2-6-12-22)15-8-16-28(30)36-29-20-24(34)17-18-26(29)31(37)21-9-3-1-4-10-21/h1-20,35-36H. The average molecular weight is 537 g/mol. The summed E-state index contributed by atoms with van der Waals surface area (Å²) in [6.45, 7) is 0. The van der Waals surface area contributed by atoms with Crippen molar-refractivity contribution in [3.8, 4) is 0 Å². The topological polar surface area (TPSA) is 58.2 Å². The lowest BCUT2D eigenvalue weighted by Crippen LogP contribution is -2.10. The lowest BCUT2D eigenvalue weighted by molar-refractivity contribution is 0.103. The molecule has 2 N–H and O–H groups in total. The molecule has 0 spiro atoms. The summed E-state index contributed by atoms with van der Waals surface area (Å²) < 4.78 is 0. The Balaban J connectivity index is 1.61. The van der Waals surface area contributed by atoms with E-state index in [1.165, 1.54) is 0 Å². The van der Waals surface area contributed by atoms with Gasteiger partial charge in [-0.05, 0) is 48.5 Å². The van der Waals surface area contributed by atoms with Gasteiger partial charge in [-0.3, -0.25) is 9.59 Å². The molecule has 0 aliphatic heterocycles. The van der Waals surface area contributed by atoms with E-state index in [1.54, 1.807) is 66.7 Å². The van der Waals surface area contributed by atoms with Gasteiger partial charge in [0.25, 0.3) is 0 Å². The molecule has 5 aromatic carbocycles. The Morgan fingerprint density at radius 1 is 0.500 bits per heavy atom. The number of carbonyl (C=O) groups excluding carboxylic acids is 2. The van der Waals surface area contributed by atoms with Crippen molar-refractivity contribution in [2.24, 2.45) is 0 Å². The zero-order valence-electron chi connectivity index (χ0n) is 20.1. The highest BCUT2D eigenvalue weighted by molar-refractivity contribution is 6.31. The summed E-state index contributed by atoms with van der Waals surface area (Å²) in [5.41, 5.74) is 4.39. The first-order chi connectivity index (χ1) is 18.5. The van der Waals surface area contributed by atoms with Crippen LogP contribution in [0, 0.1) is 0 Å². The third-order valence-corrected chi connectivity index (χ3v) is 6.44. The molecule has 0 aliphatic carbocycles. The number of benzene rings is 5. The predicted molar refractivity (Wildman–Crippen MR) is 156 cm³/mol. The Labute approximate surface area is 230 Å². The van der Waals surface area contributed by atoms with Crippen molar-refractivity contribution in [2.75, 3.05) is 10.6 Å². The second-order valence-corrected chi connectivity index (χ2v) is 9.44. The second kappa shape index (κ2) is 11.3. The van der Waals surface area contributed by atoms with Crippen LogP contribution >= 0.6 is 23.2 Å². The van der Waals surface area contributed by atoms with Crippen LogP contribution in [0.15, 0.2) is 121 Å². The first-order valence-electron chi connectivity index (χ1n) is 11.9. The fourth-order valence-corrected chi connectivity index (χ4v) is 4.51. The summed E-state index contributed by atoms with van der Waals surface area (Å²) in [5.74, 6) is -0.295. The number of carbonyl (C=O) groups is 2. The maximum absolute atomic E-state index is 13.6. The number of hydrogen-bond donors (Lipinski definition) is 2. The zero-order chi connectivity index (χ0) is 26.5. The first-order valence-corrected chi connectivity index (χ1v) is 12.7. The van der Waals surface area contributed by atoms with Crippen LogP contribution in [0.25, 0.3) is 0 Å². The summed E-state index contributed by atoms with van der Waals surface area (Å²) in [4.78, 5) is 26.9. The van der Waals surface area contributed by atoms with Crippen molar-refractivity contribution in [3.05, 3.63) is 154 Å². The Morgan fingerprint density at radius 3 is 1.76 bits per heavy atom. The number of rotatable bonds is 8. The van der Waals surface area contributed by atoms with Crippen LogP contribution < -0.4 is 10.6 Å². The van der Waals surface area contributed by atoms with E-state index >= 15 is 0 Å². The van der Waals surface area contributed by atoms with Crippen molar-refractivity contribution >= 4 is 57.5 Å². The summed E-state index contributed by atoms with van der Waals surface area (Å²) in [5, 5.41) is 7.75. The maximum atomic E-state index is 13.6. The van der Waals surface area contributed by atoms with E-state index in [9.17, 15) is 9.59 Å². The van der Waals surface area contributed by atoms with E-state index in [4.69, 9.17) is 23.2 Å². The molecule has 38 heavy (non-hydrogen) atoms. The van der Waals surface area contributed by atoms with Gasteiger partial charge in [-0.25, -0.2) is 0 Å². The van der Waals surface area contributed by atoms with Gasteiger partial charge in [-0.15, -0.1) is 0 Å². The number of halogens is 2. The van der Waals surface area contributed by atoms with Crippen LogP contribution in [0.3, 0.4) is 0 Å².